The molecule has 0 spiro atoms. The number of nitrogens with zero attached hydrogens (tertiary/aromatic N) is 2. The fourth-order valence-corrected chi connectivity index (χ4v) is 3.04. The first-order valence-corrected chi connectivity index (χ1v) is 8.68. The Labute approximate surface area is 156 Å². The highest BCUT2D eigenvalue weighted by molar-refractivity contribution is 5.92. The Morgan fingerprint density at radius 1 is 1.07 bits per heavy atom. The molecule has 0 radical (unpaired) electrons. The first-order chi connectivity index (χ1) is 13.1. The number of carbonyl (C=O) groups excluding carboxylic acids is 1. The van der Waals surface area contributed by atoms with Gasteiger partial charge < -0.3 is 9.72 Å². The summed E-state index contributed by atoms with van der Waals surface area (Å²) in [5.74, 6) is -0.624. The van der Waals surface area contributed by atoms with E-state index in [2.05, 4.69) is 10.3 Å². The van der Waals surface area contributed by atoms with Crippen LogP contribution in [0.4, 0.5) is 10.1 Å². The van der Waals surface area contributed by atoms with E-state index in [1.54, 1.807) is 18.2 Å². The third-order valence-corrected chi connectivity index (χ3v) is 4.45. The van der Waals surface area contributed by atoms with Crippen molar-refractivity contribution < 1.29 is 9.18 Å². The predicted octanol–water partition coefficient (Wildman–Crippen LogP) is 4.63. The van der Waals surface area contributed by atoms with Gasteiger partial charge in [0.2, 0.25) is 5.91 Å². The molecular formula is C22H18FN3O. The highest BCUT2D eigenvalue weighted by Gasteiger charge is 2.09. The van der Waals surface area contributed by atoms with Gasteiger partial charge in [0, 0.05) is 23.6 Å². The monoisotopic (exact) mass is 359 g/mol. The quantitative estimate of drug-likeness (QED) is 0.577. The number of anilines is 1. The maximum Gasteiger partial charge on any atom is 0.228 e. The maximum atomic E-state index is 13.7. The zero-order chi connectivity index (χ0) is 18.8. The topological polar surface area (TPSA) is 46.4 Å². The smallest absolute Gasteiger partial charge is 0.228 e. The Balaban J connectivity index is 1.49. The minimum atomic E-state index is -0.370. The molecule has 0 aliphatic rings. The molecule has 0 unspecified atom stereocenters. The van der Waals surface area contributed by atoms with Crippen molar-refractivity contribution in [2.75, 3.05) is 5.32 Å². The van der Waals surface area contributed by atoms with E-state index in [1.807, 2.05) is 60.1 Å². The number of nitrogens with one attached hydrogen (secondary N) is 1. The van der Waals surface area contributed by atoms with Gasteiger partial charge in [0.05, 0.1) is 12.1 Å². The second-order valence-electron chi connectivity index (χ2n) is 6.44. The SMILES string of the molecule is Cc1cccn2cc(-c3ccc(NC(=O)Cc4ccccc4F)cc3)nc12. The third kappa shape index (κ3) is 3.58. The highest BCUT2D eigenvalue weighted by atomic mass is 19.1. The van der Waals surface area contributed by atoms with Gasteiger partial charge in [-0.15, -0.1) is 0 Å². The van der Waals surface area contributed by atoms with Crippen LogP contribution in [-0.4, -0.2) is 15.3 Å². The molecule has 0 saturated carbocycles. The summed E-state index contributed by atoms with van der Waals surface area (Å²) in [6.45, 7) is 2.03. The summed E-state index contributed by atoms with van der Waals surface area (Å²) in [6, 6.07) is 17.8. The van der Waals surface area contributed by atoms with Crippen LogP contribution in [0.5, 0.6) is 0 Å². The molecule has 2 aromatic heterocycles. The van der Waals surface area contributed by atoms with E-state index >= 15 is 0 Å². The number of fused-ring (bicyclic) bond motifs is 1. The van der Waals surface area contributed by atoms with Crippen LogP contribution in [0, 0.1) is 12.7 Å². The van der Waals surface area contributed by atoms with Gasteiger partial charge in [0.15, 0.2) is 0 Å². The van der Waals surface area contributed by atoms with Crippen molar-refractivity contribution in [3.63, 3.8) is 0 Å². The number of amides is 1. The van der Waals surface area contributed by atoms with Crippen LogP contribution in [0.15, 0.2) is 73.1 Å². The van der Waals surface area contributed by atoms with Gasteiger partial charge >= 0.3 is 0 Å². The van der Waals surface area contributed by atoms with Crippen molar-refractivity contribution >= 4 is 17.2 Å². The molecular weight excluding hydrogens is 341 g/mol. The van der Waals surface area contributed by atoms with Crippen molar-refractivity contribution in [3.8, 4) is 11.3 Å². The molecule has 0 fully saturated rings. The molecule has 2 heterocycles. The van der Waals surface area contributed by atoms with Crippen LogP contribution < -0.4 is 5.32 Å². The Morgan fingerprint density at radius 2 is 1.85 bits per heavy atom. The molecule has 0 bridgehead atoms. The molecule has 27 heavy (non-hydrogen) atoms. The normalized spacial score (nSPS) is 10.9. The number of carbonyl (C=O) groups is 1. The standard InChI is InChI=1S/C22H18FN3O/c1-15-5-4-12-26-14-20(25-22(15)26)16-8-10-18(11-9-16)24-21(27)13-17-6-2-3-7-19(17)23/h2-12,14H,13H2,1H3,(H,24,27). The van der Waals surface area contributed by atoms with Crippen molar-refractivity contribution in [1.82, 2.24) is 9.38 Å². The molecule has 0 saturated heterocycles. The lowest BCUT2D eigenvalue weighted by Crippen LogP contribution is -2.15. The molecule has 0 atom stereocenters. The van der Waals surface area contributed by atoms with Crippen LogP contribution in [0.25, 0.3) is 16.9 Å². The van der Waals surface area contributed by atoms with Crippen LogP contribution in [0.2, 0.25) is 0 Å². The van der Waals surface area contributed by atoms with Crippen molar-refractivity contribution in [2.45, 2.75) is 13.3 Å². The van der Waals surface area contributed by atoms with E-state index in [1.165, 1.54) is 6.07 Å². The molecule has 4 aromatic rings. The Kier molecular flexibility index (Phi) is 4.42. The van der Waals surface area contributed by atoms with Gasteiger partial charge in [0.1, 0.15) is 11.5 Å². The third-order valence-electron chi connectivity index (χ3n) is 4.45. The summed E-state index contributed by atoms with van der Waals surface area (Å²) < 4.78 is 15.7. The largest absolute Gasteiger partial charge is 0.326 e. The number of aromatic nitrogens is 2. The van der Waals surface area contributed by atoms with Crippen LogP contribution in [0.3, 0.4) is 0 Å². The molecule has 1 amide bonds. The summed E-state index contributed by atoms with van der Waals surface area (Å²) >= 11 is 0. The fraction of sp³-hybridized carbons (Fsp3) is 0.0909. The summed E-state index contributed by atoms with van der Waals surface area (Å²) in [6.07, 6.45) is 3.95. The maximum absolute atomic E-state index is 13.7. The number of rotatable bonds is 4. The summed E-state index contributed by atoms with van der Waals surface area (Å²) in [5, 5.41) is 2.80. The molecule has 1 N–H and O–H groups in total. The average molecular weight is 359 g/mol. The van der Waals surface area contributed by atoms with Gasteiger partial charge in [-0.2, -0.15) is 0 Å². The second kappa shape index (κ2) is 7.03. The second-order valence-corrected chi connectivity index (χ2v) is 6.44. The lowest BCUT2D eigenvalue weighted by atomic mass is 10.1. The number of imidazole rings is 1. The summed E-state index contributed by atoms with van der Waals surface area (Å²) in [7, 11) is 0. The zero-order valence-corrected chi connectivity index (χ0v) is 14.8. The molecule has 4 nitrogen and oxygen atoms in total. The number of hydrogen-bond acceptors (Lipinski definition) is 2. The Hall–Kier alpha value is -3.47. The highest BCUT2D eigenvalue weighted by Crippen LogP contribution is 2.22. The molecule has 4 rings (SSSR count). The van der Waals surface area contributed by atoms with E-state index in [4.69, 9.17) is 0 Å². The molecule has 134 valence electrons. The lowest BCUT2D eigenvalue weighted by molar-refractivity contribution is -0.115. The lowest BCUT2D eigenvalue weighted by Gasteiger charge is -2.06. The summed E-state index contributed by atoms with van der Waals surface area (Å²) in [4.78, 5) is 16.8. The Morgan fingerprint density at radius 3 is 2.59 bits per heavy atom. The fourth-order valence-electron chi connectivity index (χ4n) is 3.04. The molecule has 0 aliphatic heterocycles. The minimum absolute atomic E-state index is 0.000136. The van der Waals surface area contributed by atoms with Gasteiger partial charge in [0.25, 0.3) is 0 Å². The first-order valence-electron chi connectivity index (χ1n) is 8.68. The van der Waals surface area contributed by atoms with E-state index < -0.39 is 0 Å². The minimum Gasteiger partial charge on any atom is -0.326 e. The van der Waals surface area contributed by atoms with E-state index in [0.717, 1.165) is 22.5 Å². The molecule has 2 aromatic carbocycles. The number of hydrogen-bond donors (Lipinski definition) is 1. The number of halogens is 1. The van der Waals surface area contributed by atoms with Crippen molar-refractivity contribution in [1.29, 1.82) is 0 Å². The Bertz CT molecular complexity index is 1120. The number of benzene rings is 2. The van der Waals surface area contributed by atoms with Crippen LogP contribution in [-0.2, 0) is 11.2 Å². The average Bonchev–Trinajstić information content (AvgIpc) is 3.10. The number of aryl methyl sites for hydroxylation is 1. The van der Waals surface area contributed by atoms with Crippen molar-refractivity contribution in [2.24, 2.45) is 0 Å². The van der Waals surface area contributed by atoms with Gasteiger partial charge in [-0.1, -0.05) is 36.4 Å². The van der Waals surface area contributed by atoms with E-state index in [-0.39, 0.29) is 18.1 Å². The van der Waals surface area contributed by atoms with Gasteiger partial charge in [-0.25, -0.2) is 9.37 Å². The van der Waals surface area contributed by atoms with E-state index in [9.17, 15) is 9.18 Å². The van der Waals surface area contributed by atoms with Crippen LogP contribution >= 0.6 is 0 Å². The zero-order valence-electron chi connectivity index (χ0n) is 14.8. The van der Waals surface area contributed by atoms with E-state index in [0.29, 0.717) is 11.3 Å². The predicted molar refractivity (Wildman–Crippen MR) is 104 cm³/mol. The number of pyridine rings is 1. The summed E-state index contributed by atoms with van der Waals surface area (Å²) in [5.41, 5.74) is 4.92. The van der Waals surface area contributed by atoms with Crippen LogP contribution in [0.1, 0.15) is 11.1 Å². The molecule has 0 aliphatic carbocycles. The molecule has 5 heteroatoms. The van der Waals surface area contributed by atoms with Gasteiger partial charge in [-0.05, 0) is 42.3 Å². The van der Waals surface area contributed by atoms with Crippen molar-refractivity contribution in [3.05, 3.63) is 90.0 Å². The van der Waals surface area contributed by atoms with Gasteiger partial charge in [-0.3, -0.25) is 4.79 Å². The first kappa shape index (κ1) is 17.0.